The van der Waals surface area contributed by atoms with Gasteiger partial charge in [0.05, 0.1) is 11.6 Å². The molecule has 0 saturated carbocycles. The van der Waals surface area contributed by atoms with Gasteiger partial charge in [0.15, 0.2) is 0 Å². The number of unbranched alkanes of at least 4 members (excludes halogenated alkanes) is 2. The monoisotopic (exact) mass is 401 g/mol. The van der Waals surface area contributed by atoms with Crippen LogP contribution in [-0.4, -0.2) is 19.0 Å². The van der Waals surface area contributed by atoms with E-state index >= 15 is 0 Å². The molecule has 0 fully saturated rings. The number of hydrogen-bond donors (Lipinski definition) is 0. The Hall–Kier alpha value is -1.88. The van der Waals surface area contributed by atoms with Gasteiger partial charge in [-0.3, -0.25) is 9.78 Å². The number of hydrogen-bond acceptors (Lipinski definition) is 4. The van der Waals surface area contributed by atoms with E-state index in [0.29, 0.717) is 0 Å². The average molecular weight is 402 g/mol. The summed E-state index contributed by atoms with van der Waals surface area (Å²) < 4.78 is 11.6. The molecule has 2 aromatic heterocycles. The summed E-state index contributed by atoms with van der Waals surface area (Å²) in [6.45, 7) is 12.9. The molecule has 0 aromatic carbocycles. The second kappa shape index (κ2) is 9.55. The third kappa shape index (κ3) is 6.06. The van der Waals surface area contributed by atoms with Crippen LogP contribution in [0.4, 0.5) is 0 Å². The minimum absolute atomic E-state index is 0.199. The van der Waals surface area contributed by atoms with E-state index in [9.17, 15) is 4.79 Å². The summed E-state index contributed by atoms with van der Waals surface area (Å²) in [6, 6.07) is 8.16. The minimum atomic E-state index is -1.74. The fraction of sp³-hybridized carbons (Fsp3) is 0.565. The van der Waals surface area contributed by atoms with E-state index in [4.69, 9.17) is 9.15 Å². The smallest absolute Gasteiger partial charge is 0.303 e. The van der Waals surface area contributed by atoms with E-state index < -0.39 is 8.07 Å². The van der Waals surface area contributed by atoms with Crippen LogP contribution in [0.15, 0.2) is 41.1 Å². The molecule has 2 rings (SSSR count). The van der Waals surface area contributed by atoms with Crippen LogP contribution < -0.4 is 5.38 Å². The number of furan rings is 1. The molecule has 1 unspecified atom stereocenters. The Morgan fingerprint density at radius 3 is 2.57 bits per heavy atom. The third-order valence-corrected chi connectivity index (χ3v) is 11.2. The van der Waals surface area contributed by atoms with Gasteiger partial charge in [-0.2, -0.15) is 0 Å². The van der Waals surface area contributed by atoms with E-state index in [1.165, 1.54) is 6.92 Å². The highest BCUT2D eigenvalue weighted by molar-refractivity contribution is 6.91. The first-order valence-corrected chi connectivity index (χ1v) is 13.3. The maximum atomic E-state index is 11.6. The molecule has 0 aliphatic heterocycles. The first-order chi connectivity index (χ1) is 13.1. The van der Waals surface area contributed by atoms with Gasteiger partial charge in [0.1, 0.15) is 14.2 Å². The first-order valence-electron chi connectivity index (χ1n) is 10.3. The van der Waals surface area contributed by atoms with Crippen LogP contribution in [-0.2, 0) is 16.0 Å². The summed E-state index contributed by atoms with van der Waals surface area (Å²) in [5.41, 5.74) is 2.12. The number of rotatable bonds is 9. The van der Waals surface area contributed by atoms with Crippen molar-refractivity contribution in [3.8, 4) is 0 Å². The van der Waals surface area contributed by atoms with Crippen molar-refractivity contribution in [2.45, 2.75) is 84.0 Å². The zero-order valence-corrected chi connectivity index (χ0v) is 19.2. The summed E-state index contributed by atoms with van der Waals surface area (Å²) in [6.07, 6.45) is 8.38. The van der Waals surface area contributed by atoms with Crippen molar-refractivity contribution >= 4 is 19.4 Å². The Morgan fingerprint density at radius 1 is 1.21 bits per heavy atom. The predicted molar refractivity (Wildman–Crippen MR) is 116 cm³/mol. The van der Waals surface area contributed by atoms with Gasteiger partial charge < -0.3 is 9.15 Å². The van der Waals surface area contributed by atoms with Crippen molar-refractivity contribution in [1.82, 2.24) is 4.98 Å². The van der Waals surface area contributed by atoms with E-state index in [-0.39, 0.29) is 17.1 Å². The van der Waals surface area contributed by atoms with Crippen LogP contribution in [0.25, 0.3) is 0 Å². The van der Waals surface area contributed by atoms with Crippen LogP contribution in [0.3, 0.4) is 0 Å². The highest BCUT2D eigenvalue weighted by atomic mass is 28.3. The van der Waals surface area contributed by atoms with E-state index in [0.717, 1.165) is 48.7 Å². The first kappa shape index (κ1) is 22.4. The van der Waals surface area contributed by atoms with Crippen LogP contribution in [0.2, 0.25) is 18.1 Å². The number of aromatic nitrogens is 1. The van der Waals surface area contributed by atoms with Crippen molar-refractivity contribution in [2.24, 2.45) is 0 Å². The van der Waals surface area contributed by atoms with Crippen LogP contribution in [0, 0.1) is 0 Å². The molecular formula is C23H35NO3Si. The topological polar surface area (TPSA) is 52.3 Å². The molecule has 1 atom stereocenters. The molecule has 4 nitrogen and oxygen atoms in total. The number of carbonyl (C=O) groups excluding carboxylic acids is 1. The van der Waals surface area contributed by atoms with E-state index in [1.54, 1.807) is 6.26 Å². The van der Waals surface area contributed by atoms with Gasteiger partial charge in [-0.15, -0.1) is 0 Å². The number of aryl methyl sites for hydroxylation is 1. The molecular weight excluding hydrogens is 366 g/mol. The lowest BCUT2D eigenvalue weighted by Gasteiger charge is -2.34. The van der Waals surface area contributed by atoms with Crippen LogP contribution in [0.5, 0.6) is 0 Å². The molecule has 0 spiro atoms. The Labute approximate surface area is 170 Å². The maximum absolute atomic E-state index is 11.6. The van der Waals surface area contributed by atoms with Crippen molar-refractivity contribution in [3.63, 3.8) is 0 Å². The van der Waals surface area contributed by atoms with Crippen LogP contribution in [0.1, 0.15) is 70.7 Å². The van der Waals surface area contributed by atoms with Crippen LogP contribution >= 0.6 is 0 Å². The zero-order valence-electron chi connectivity index (χ0n) is 18.2. The van der Waals surface area contributed by atoms with Crippen molar-refractivity contribution in [3.05, 3.63) is 48.0 Å². The van der Waals surface area contributed by atoms with Gasteiger partial charge in [-0.25, -0.2) is 0 Å². The predicted octanol–water partition coefficient (Wildman–Crippen LogP) is 5.80. The fourth-order valence-corrected chi connectivity index (χ4v) is 4.69. The van der Waals surface area contributed by atoms with Gasteiger partial charge in [0.2, 0.25) is 0 Å². The normalized spacial score (nSPS) is 13.4. The molecule has 0 N–H and O–H groups in total. The second-order valence-electron chi connectivity index (χ2n) is 9.14. The quantitative estimate of drug-likeness (QED) is 0.303. The molecule has 0 aliphatic rings. The summed E-state index contributed by atoms with van der Waals surface area (Å²) >= 11 is 0. The Balaban J connectivity index is 1.95. The lowest BCUT2D eigenvalue weighted by molar-refractivity contribution is -0.147. The van der Waals surface area contributed by atoms with Gasteiger partial charge >= 0.3 is 5.97 Å². The van der Waals surface area contributed by atoms with Gasteiger partial charge in [-0.05, 0) is 48.9 Å². The lowest BCUT2D eigenvalue weighted by Crippen LogP contribution is -2.48. The molecule has 0 radical (unpaired) electrons. The number of pyridine rings is 1. The van der Waals surface area contributed by atoms with Crippen molar-refractivity contribution < 1.29 is 13.9 Å². The van der Waals surface area contributed by atoms with Crippen molar-refractivity contribution in [1.29, 1.82) is 0 Å². The van der Waals surface area contributed by atoms with Gasteiger partial charge in [-0.1, -0.05) is 46.4 Å². The molecule has 5 heteroatoms. The molecule has 2 aromatic rings. The van der Waals surface area contributed by atoms with E-state index in [1.807, 2.05) is 18.3 Å². The maximum Gasteiger partial charge on any atom is 0.303 e. The molecule has 0 amide bonds. The Kier molecular flexibility index (Phi) is 7.64. The molecule has 2 heterocycles. The summed E-state index contributed by atoms with van der Waals surface area (Å²) in [5, 5.41) is 1.27. The van der Waals surface area contributed by atoms with Crippen molar-refractivity contribution in [2.75, 3.05) is 0 Å². The summed E-state index contributed by atoms with van der Waals surface area (Å²) in [5.74, 6) is -0.242. The summed E-state index contributed by atoms with van der Waals surface area (Å²) in [4.78, 5) is 16.0. The fourth-order valence-electron chi connectivity index (χ4n) is 3.07. The number of ether oxygens (including phenoxy) is 1. The minimum Gasteiger partial charge on any atom is -0.474 e. The Morgan fingerprint density at radius 2 is 1.96 bits per heavy atom. The SMILES string of the molecule is CC(=O)OC(CCCCCc1ccccn1)c1coc([Si](C)(C)C(C)(C)C)c1. The third-order valence-electron chi connectivity index (χ3n) is 5.92. The average Bonchev–Trinajstić information content (AvgIpc) is 3.11. The second-order valence-corrected chi connectivity index (χ2v) is 14.4. The van der Waals surface area contributed by atoms with Gasteiger partial charge in [0.25, 0.3) is 0 Å². The molecule has 0 saturated heterocycles. The molecule has 28 heavy (non-hydrogen) atoms. The highest BCUT2D eigenvalue weighted by Crippen LogP contribution is 2.36. The number of esters is 1. The number of carbonyl (C=O) groups is 1. The standard InChI is InChI=1S/C23H35NO3Si/c1-18(25)27-21(14-9-7-8-12-20-13-10-11-15-24-20)19-16-22(26-17-19)28(5,6)23(2,3)4/h10-11,13,15-17,21H,7-9,12,14H2,1-6H3. The largest absolute Gasteiger partial charge is 0.474 e. The number of nitrogens with zero attached hydrogens (tertiary/aromatic N) is 1. The molecule has 0 aliphatic carbocycles. The van der Waals surface area contributed by atoms with Gasteiger partial charge in [0, 0.05) is 24.4 Å². The molecule has 0 bridgehead atoms. The van der Waals surface area contributed by atoms with E-state index in [2.05, 4.69) is 51.0 Å². The summed E-state index contributed by atoms with van der Waals surface area (Å²) in [7, 11) is -1.74. The zero-order chi connectivity index (χ0) is 20.8. The molecule has 154 valence electrons. The Bertz CT molecular complexity index is 747. The lowest BCUT2D eigenvalue weighted by atomic mass is 10.0. The highest BCUT2D eigenvalue weighted by Gasteiger charge is 2.40.